The van der Waals surface area contributed by atoms with E-state index in [1.807, 2.05) is 37.3 Å². The first-order chi connectivity index (χ1) is 12.1. The highest BCUT2D eigenvalue weighted by Crippen LogP contribution is 2.22. The fourth-order valence-corrected chi connectivity index (χ4v) is 2.89. The summed E-state index contributed by atoms with van der Waals surface area (Å²) in [6, 6.07) is 15.2. The number of aromatic nitrogens is 2. The zero-order chi connectivity index (χ0) is 17.6. The van der Waals surface area contributed by atoms with E-state index in [0.717, 1.165) is 29.8 Å². The van der Waals surface area contributed by atoms with Crippen LogP contribution in [0.3, 0.4) is 0 Å². The van der Waals surface area contributed by atoms with E-state index in [9.17, 15) is 4.79 Å². The van der Waals surface area contributed by atoms with Crippen molar-refractivity contribution < 1.29 is 9.53 Å². The number of benzene rings is 2. The predicted octanol–water partition coefficient (Wildman–Crippen LogP) is 3.58. The minimum atomic E-state index is -0.160. The molecule has 0 unspecified atom stereocenters. The van der Waals surface area contributed by atoms with Gasteiger partial charge in [0.05, 0.1) is 16.1 Å². The van der Waals surface area contributed by atoms with Crippen LogP contribution in [0.5, 0.6) is 5.75 Å². The van der Waals surface area contributed by atoms with E-state index < -0.39 is 0 Å². The van der Waals surface area contributed by atoms with Crippen molar-refractivity contribution in [3.63, 3.8) is 0 Å². The summed E-state index contributed by atoms with van der Waals surface area (Å²) in [4.78, 5) is 16.4. The average Bonchev–Trinajstić information content (AvgIpc) is 2.93. The van der Waals surface area contributed by atoms with Crippen molar-refractivity contribution in [2.75, 3.05) is 13.2 Å². The first-order valence-electron chi connectivity index (χ1n) is 8.21. The van der Waals surface area contributed by atoms with Gasteiger partial charge in [0.1, 0.15) is 11.6 Å². The second-order valence-corrected chi connectivity index (χ2v) is 6.13. The standard InChI is InChI=1S/C19H20ClN3O2/c1-14-22-16-8-3-4-9-17(16)23(14)12-6-11-21-19(24)13-25-18-10-5-2-7-15(18)20/h2-5,7-10H,6,11-13H2,1H3,(H,21,24). The molecule has 25 heavy (non-hydrogen) atoms. The molecule has 0 saturated heterocycles. The minimum absolute atomic E-state index is 0.0449. The molecule has 0 aliphatic rings. The lowest BCUT2D eigenvalue weighted by atomic mass is 10.3. The van der Waals surface area contributed by atoms with Crippen molar-refractivity contribution in [2.24, 2.45) is 0 Å². The Morgan fingerprint density at radius 2 is 1.96 bits per heavy atom. The summed E-state index contributed by atoms with van der Waals surface area (Å²) in [5.74, 6) is 1.33. The van der Waals surface area contributed by atoms with E-state index >= 15 is 0 Å². The Balaban J connectivity index is 1.44. The summed E-state index contributed by atoms with van der Waals surface area (Å²) in [6.45, 7) is 3.33. The van der Waals surface area contributed by atoms with Gasteiger partial charge in [0.15, 0.2) is 6.61 Å². The van der Waals surface area contributed by atoms with Gasteiger partial charge < -0.3 is 14.6 Å². The number of hydrogen-bond donors (Lipinski definition) is 1. The summed E-state index contributed by atoms with van der Waals surface area (Å²) in [7, 11) is 0. The van der Waals surface area contributed by atoms with Crippen LogP contribution in [-0.2, 0) is 11.3 Å². The van der Waals surface area contributed by atoms with Gasteiger partial charge in [-0.15, -0.1) is 0 Å². The van der Waals surface area contributed by atoms with Gasteiger partial charge in [-0.3, -0.25) is 4.79 Å². The lowest BCUT2D eigenvalue weighted by Crippen LogP contribution is -2.30. The fourth-order valence-electron chi connectivity index (χ4n) is 2.70. The van der Waals surface area contributed by atoms with Gasteiger partial charge in [0.2, 0.25) is 0 Å². The maximum atomic E-state index is 11.9. The molecule has 3 aromatic rings. The predicted molar refractivity (Wildman–Crippen MR) is 99.0 cm³/mol. The molecule has 1 N–H and O–H groups in total. The van der Waals surface area contributed by atoms with Gasteiger partial charge in [0.25, 0.3) is 5.91 Å². The van der Waals surface area contributed by atoms with Crippen LogP contribution in [0.4, 0.5) is 0 Å². The summed E-state index contributed by atoms with van der Waals surface area (Å²) < 4.78 is 7.59. The molecule has 6 heteroatoms. The number of halogens is 1. The SMILES string of the molecule is Cc1nc2ccccc2n1CCCNC(=O)COc1ccccc1Cl. The number of rotatable bonds is 7. The normalized spacial score (nSPS) is 10.8. The van der Waals surface area contributed by atoms with E-state index in [-0.39, 0.29) is 12.5 Å². The van der Waals surface area contributed by atoms with Crippen molar-refractivity contribution in [3.05, 3.63) is 59.4 Å². The molecule has 1 amide bonds. The third-order valence-corrected chi connectivity index (χ3v) is 4.23. The monoisotopic (exact) mass is 357 g/mol. The molecular weight excluding hydrogens is 338 g/mol. The highest BCUT2D eigenvalue weighted by atomic mass is 35.5. The molecule has 0 bridgehead atoms. The summed E-state index contributed by atoms with van der Waals surface area (Å²) in [5, 5.41) is 3.36. The third kappa shape index (κ3) is 4.31. The number of nitrogens with zero attached hydrogens (tertiary/aromatic N) is 2. The molecule has 0 aliphatic heterocycles. The first kappa shape index (κ1) is 17.3. The van der Waals surface area contributed by atoms with Gasteiger partial charge in [-0.2, -0.15) is 0 Å². The minimum Gasteiger partial charge on any atom is -0.482 e. The average molecular weight is 358 g/mol. The molecule has 130 valence electrons. The molecule has 0 saturated carbocycles. The Bertz CT molecular complexity index is 876. The number of ether oxygens (including phenoxy) is 1. The molecule has 1 heterocycles. The summed E-state index contributed by atoms with van der Waals surface area (Å²) in [5.41, 5.74) is 2.12. The zero-order valence-electron chi connectivity index (χ0n) is 14.0. The second-order valence-electron chi connectivity index (χ2n) is 5.72. The largest absolute Gasteiger partial charge is 0.482 e. The van der Waals surface area contributed by atoms with Crippen molar-refractivity contribution in [1.82, 2.24) is 14.9 Å². The molecule has 1 aromatic heterocycles. The quantitative estimate of drug-likeness (QED) is 0.657. The van der Waals surface area contributed by atoms with E-state index in [0.29, 0.717) is 17.3 Å². The molecular formula is C19H20ClN3O2. The second kappa shape index (κ2) is 8.03. The van der Waals surface area contributed by atoms with Crippen LogP contribution in [0, 0.1) is 6.92 Å². The molecule has 0 atom stereocenters. The van der Waals surface area contributed by atoms with E-state index in [1.165, 1.54) is 0 Å². The van der Waals surface area contributed by atoms with Crippen LogP contribution in [0.1, 0.15) is 12.2 Å². The van der Waals surface area contributed by atoms with Crippen LogP contribution < -0.4 is 10.1 Å². The Morgan fingerprint density at radius 3 is 2.80 bits per heavy atom. The van der Waals surface area contributed by atoms with Crippen LogP contribution in [0.2, 0.25) is 5.02 Å². The Labute approximate surface area is 151 Å². The van der Waals surface area contributed by atoms with Gasteiger partial charge in [0, 0.05) is 13.1 Å². The Hall–Kier alpha value is -2.53. The molecule has 0 radical (unpaired) electrons. The third-order valence-electron chi connectivity index (χ3n) is 3.92. The number of aryl methyl sites for hydroxylation is 2. The maximum absolute atomic E-state index is 11.9. The van der Waals surface area contributed by atoms with E-state index in [2.05, 4.69) is 20.9 Å². The first-order valence-corrected chi connectivity index (χ1v) is 8.59. The van der Waals surface area contributed by atoms with Crippen LogP contribution in [0.25, 0.3) is 11.0 Å². The lowest BCUT2D eigenvalue weighted by molar-refractivity contribution is -0.123. The Kier molecular flexibility index (Phi) is 5.56. The van der Waals surface area contributed by atoms with Crippen LogP contribution in [-0.4, -0.2) is 28.6 Å². The number of carbonyl (C=O) groups is 1. The van der Waals surface area contributed by atoms with Crippen molar-refractivity contribution in [3.8, 4) is 5.75 Å². The molecule has 5 nitrogen and oxygen atoms in total. The number of fused-ring (bicyclic) bond motifs is 1. The topological polar surface area (TPSA) is 56.2 Å². The number of hydrogen-bond acceptors (Lipinski definition) is 3. The number of imidazole rings is 1. The number of carbonyl (C=O) groups excluding carboxylic acids is 1. The highest BCUT2D eigenvalue weighted by Gasteiger charge is 2.07. The smallest absolute Gasteiger partial charge is 0.257 e. The Morgan fingerprint density at radius 1 is 1.20 bits per heavy atom. The van der Waals surface area contributed by atoms with Crippen molar-refractivity contribution in [2.45, 2.75) is 19.9 Å². The van der Waals surface area contributed by atoms with Gasteiger partial charge in [-0.25, -0.2) is 4.98 Å². The molecule has 3 rings (SSSR count). The van der Waals surface area contributed by atoms with Gasteiger partial charge in [-0.1, -0.05) is 35.9 Å². The van der Waals surface area contributed by atoms with Crippen molar-refractivity contribution in [1.29, 1.82) is 0 Å². The number of nitrogens with one attached hydrogen (secondary N) is 1. The van der Waals surface area contributed by atoms with Gasteiger partial charge >= 0.3 is 0 Å². The van der Waals surface area contributed by atoms with E-state index in [1.54, 1.807) is 12.1 Å². The summed E-state index contributed by atoms with van der Waals surface area (Å²) in [6.07, 6.45) is 0.818. The molecule has 2 aromatic carbocycles. The lowest BCUT2D eigenvalue weighted by Gasteiger charge is -2.10. The van der Waals surface area contributed by atoms with Gasteiger partial charge in [-0.05, 0) is 37.6 Å². The van der Waals surface area contributed by atoms with Crippen molar-refractivity contribution >= 4 is 28.5 Å². The summed E-state index contributed by atoms with van der Waals surface area (Å²) >= 11 is 5.99. The van der Waals surface area contributed by atoms with Crippen LogP contribution >= 0.6 is 11.6 Å². The molecule has 0 aliphatic carbocycles. The maximum Gasteiger partial charge on any atom is 0.257 e. The number of para-hydroxylation sites is 3. The fraction of sp³-hybridized carbons (Fsp3) is 0.263. The number of amides is 1. The zero-order valence-corrected chi connectivity index (χ0v) is 14.8. The molecule has 0 fully saturated rings. The van der Waals surface area contributed by atoms with Crippen LogP contribution in [0.15, 0.2) is 48.5 Å². The highest BCUT2D eigenvalue weighted by molar-refractivity contribution is 6.32. The molecule has 0 spiro atoms. The van der Waals surface area contributed by atoms with E-state index in [4.69, 9.17) is 16.3 Å².